The Morgan fingerprint density at radius 2 is 2.06 bits per heavy atom. The third kappa shape index (κ3) is 1.67. The second kappa shape index (κ2) is 3.84. The van der Waals surface area contributed by atoms with Crippen LogP contribution < -0.4 is 5.73 Å². The van der Waals surface area contributed by atoms with Gasteiger partial charge in [-0.25, -0.2) is 15.0 Å². The van der Waals surface area contributed by atoms with Crippen LogP contribution in [0.5, 0.6) is 0 Å². The summed E-state index contributed by atoms with van der Waals surface area (Å²) in [4.78, 5) is 13.2. The van der Waals surface area contributed by atoms with Gasteiger partial charge in [0.05, 0.1) is 0 Å². The quantitative estimate of drug-likeness (QED) is 0.801. The first-order valence-corrected chi connectivity index (χ1v) is 5.88. The van der Waals surface area contributed by atoms with Crippen molar-refractivity contribution in [1.82, 2.24) is 19.5 Å². The lowest BCUT2D eigenvalue weighted by Gasteiger charge is -2.16. The molecular formula is C12H15N5. The van der Waals surface area contributed by atoms with Crippen LogP contribution in [0.2, 0.25) is 0 Å². The molecule has 2 N–H and O–H groups in total. The van der Waals surface area contributed by atoms with Gasteiger partial charge in [0.2, 0.25) is 0 Å². The van der Waals surface area contributed by atoms with Crippen LogP contribution in [0.3, 0.4) is 0 Å². The molecule has 0 aromatic carbocycles. The number of anilines is 1. The van der Waals surface area contributed by atoms with Crippen LogP contribution in [0.1, 0.15) is 24.1 Å². The second-order valence-corrected chi connectivity index (χ2v) is 4.43. The van der Waals surface area contributed by atoms with Gasteiger partial charge in [-0.15, -0.1) is 0 Å². The minimum absolute atomic E-state index is 0.618. The molecule has 0 radical (unpaired) electrons. The largest absolute Gasteiger partial charge is 0.383 e. The number of fused-ring (bicyclic) bond motifs is 1. The van der Waals surface area contributed by atoms with Gasteiger partial charge in [0, 0.05) is 30.7 Å². The van der Waals surface area contributed by atoms with E-state index in [0.29, 0.717) is 11.6 Å². The fourth-order valence-corrected chi connectivity index (χ4v) is 2.30. The molecule has 2 aromatic rings. The van der Waals surface area contributed by atoms with E-state index in [9.17, 15) is 0 Å². The van der Waals surface area contributed by atoms with Crippen LogP contribution in [0, 0.1) is 0 Å². The summed E-state index contributed by atoms with van der Waals surface area (Å²) in [5.41, 5.74) is 8.24. The normalized spacial score (nSPS) is 14.6. The van der Waals surface area contributed by atoms with E-state index < -0.39 is 0 Å². The van der Waals surface area contributed by atoms with E-state index in [2.05, 4.69) is 15.0 Å². The minimum atomic E-state index is 0.618. The Bertz CT molecular complexity index is 558. The molecule has 88 valence electrons. The fourth-order valence-electron chi connectivity index (χ4n) is 2.30. The molecule has 0 unspecified atom stereocenters. The summed E-state index contributed by atoms with van der Waals surface area (Å²) in [7, 11) is 1.93. The standard InChI is InChI=1S/C12H15N5/c1-17-7-6-14-12(17)11-15-9-5-3-2-4-8(9)10(13)16-11/h6-7H,2-5H2,1H3,(H2,13,15,16). The Morgan fingerprint density at radius 3 is 2.82 bits per heavy atom. The van der Waals surface area contributed by atoms with Crippen LogP contribution >= 0.6 is 0 Å². The average Bonchev–Trinajstić information content (AvgIpc) is 2.75. The first kappa shape index (κ1) is 10.3. The molecule has 0 spiro atoms. The van der Waals surface area contributed by atoms with Crippen molar-refractivity contribution in [2.75, 3.05) is 5.73 Å². The first-order chi connectivity index (χ1) is 8.25. The number of nitrogens with zero attached hydrogens (tertiary/aromatic N) is 4. The Hall–Kier alpha value is -1.91. The zero-order chi connectivity index (χ0) is 11.8. The SMILES string of the molecule is Cn1ccnc1-c1nc(N)c2c(n1)CCCC2. The van der Waals surface area contributed by atoms with Crippen molar-refractivity contribution in [2.45, 2.75) is 25.7 Å². The van der Waals surface area contributed by atoms with E-state index >= 15 is 0 Å². The highest BCUT2D eigenvalue weighted by Crippen LogP contribution is 2.25. The molecular weight excluding hydrogens is 214 g/mol. The zero-order valence-corrected chi connectivity index (χ0v) is 9.85. The lowest BCUT2D eigenvalue weighted by Crippen LogP contribution is -2.12. The molecule has 3 rings (SSSR count). The minimum Gasteiger partial charge on any atom is -0.383 e. The molecule has 0 amide bonds. The average molecular weight is 229 g/mol. The maximum absolute atomic E-state index is 6.01. The van der Waals surface area contributed by atoms with Gasteiger partial charge in [0.15, 0.2) is 11.6 Å². The summed E-state index contributed by atoms with van der Waals surface area (Å²) in [5, 5.41) is 0. The molecule has 0 bridgehead atoms. The molecule has 1 aliphatic carbocycles. The van der Waals surface area contributed by atoms with E-state index in [4.69, 9.17) is 5.73 Å². The first-order valence-electron chi connectivity index (χ1n) is 5.88. The number of hydrogen-bond donors (Lipinski definition) is 1. The number of aryl methyl sites for hydroxylation is 2. The van der Waals surface area contributed by atoms with Crippen molar-refractivity contribution < 1.29 is 0 Å². The van der Waals surface area contributed by atoms with Gasteiger partial charge in [-0.3, -0.25) is 0 Å². The van der Waals surface area contributed by atoms with E-state index in [1.807, 2.05) is 17.8 Å². The number of aromatic nitrogens is 4. The lowest BCUT2D eigenvalue weighted by atomic mass is 9.96. The van der Waals surface area contributed by atoms with Gasteiger partial charge in [-0.1, -0.05) is 0 Å². The molecule has 2 aromatic heterocycles. The van der Waals surface area contributed by atoms with Crippen molar-refractivity contribution >= 4 is 5.82 Å². The van der Waals surface area contributed by atoms with Crippen LogP contribution in [0.4, 0.5) is 5.82 Å². The number of imidazole rings is 1. The molecule has 1 aliphatic rings. The Labute approximate surface area is 99.7 Å². The van der Waals surface area contributed by atoms with Crippen molar-refractivity contribution in [3.8, 4) is 11.6 Å². The molecule has 2 heterocycles. The van der Waals surface area contributed by atoms with Crippen LogP contribution in [-0.4, -0.2) is 19.5 Å². The highest BCUT2D eigenvalue weighted by molar-refractivity contribution is 5.53. The third-order valence-corrected chi connectivity index (χ3v) is 3.24. The maximum atomic E-state index is 6.01. The Kier molecular flexibility index (Phi) is 2.31. The van der Waals surface area contributed by atoms with Crippen molar-refractivity contribution in [1.29, 1.82) is 0 Å². The summed E-state index contributed by atoms with van der Waals surface area (Å²) in [5.74, 6) is 2.02. The molecule has 5 nitrogen and oxygen atoms in total. The topological polar surface area (TPSA) is 69.6 Å². The smallest absolute Gasteiger partial charge is 0.198 e. The van der Waals surface area contributed by atoms with Crippen LogP contribution in [-0.2, 0) is 19.9 Å². The number of hydrogen-bond acceptors (Lipinski definition) is 4. The van der Waals surface area contributed by atoms with Gasteiger partial charge < -0.3 is 10.3 Å². The highest BCUT2D eigenvalue weighted by Gasteiger charge is 2.18. The number of nitrogen functional groups attached to an aromatic ring is 1. The number of nitrogens with two attached hydrogens (primary N) is 1. The van der Waals surface area contributed by atoms with E-state index in [0.717, 1.165) is 29.9 Å². The summed E-state index contributed by atoms with van der Waals surface area (Å²) in [6, 6.07) is 0. The molecule has 0 fully saturated rings. The van der Waals surface area contributed by atoms with E-state index in [1.165, 1.54) is 12.8 Å². The van der Waals surface area contributed by atoms with Crippen LogP contribution in [0.25, 0.3) is 11.6 Å². The monoisotopic (exact) mass is 229 g/mol. The van der Waals surface area contributed by atoms with Gasteiger partial charge in [-0.2, -0.15) is 0 Å². The van der Waals surface area contributed by atoms with Gasteiger partial charge in [0.1, 0.15) is 5.82 Å². The van der Waals surface area contributed by atoms with E-state index in [-0.39, 0.29) is 0 Å². The summed E-state index contributed by atoms with van der Waals surface area (Å²) in [6.45, 7) is 0. The molecule has 5 heteroatoms. The van der Waals surface area contributed by atoms with Gasteiger partial charge >= 0.3 is 0 Å². The van der Waals surface area contributed by atoms with Gasteiger partial charge in [0.25, 0.3) is 0 Å². The molecule has 17 heavy (non-hydrogen) atoms. The van der Waals surface area contributed by atoms with E-state index in [1.54, 1.807) is 6.20 Å². The molecule has 0 saturated carbocycles. The Morgan fingerprint density at radius 1 is 1.24 bits per heavy atom. The maximum Gasteiger partial charge on any atom is 0.198 e. The number of rotatable bonds is 1. The second-order valence-electron chi connectivity index (χ2n) is 4.43. The summed E-state index contributed by atoms with van der Waals surface area (Å²) in [6.07, 6.45) is 8.00. The molecule has 0 saturated heterocycles. The lowest BCUT2D eigenvalue weighted by molar-refractivity contribution is 0.665. The fraction of sp³-hybridized carbons (Fsp3) is 0.417. The van der Waals surface area contributed by atoms with Gasteiger partial charge in [-0.05, 0) is 25.7 Å². The predicted octanol–water partition coefficient (Wildman–Crippen LogP) is 1.34. The van der Waals surface area contributed by atoms with Crippen molar-refractivity contribution in [3.05, 3.63) is 23.7 Å². The van der Waals surface area contributed by atoms with Crippen molar-refractivity contribution in [2.24, 2.45) is 7.05 Å². The molecule has 0 atom stereocenters. The molecule has 0 aliphatic heterocycles. The van der Waals surface area contributed by atoms with Crippen LogP contribution in [0.15, 0.2) is 12.4 Å². The Balaban J connectivity index is 2.14. The third-order valence-electron chi connectivity index (χ3n) is 3.24. The zero-order valence-electron chi connectivity index (χ0n) is 9.85. The summed E-state index contributed by atoms with van der Waals surface area (Å²) >= 11 is 0. The predicted molar refractivity (Wildman–Crippen MR) is 65.3 cm³/mol. The van der Waals surface area contributed by atoms with Crippen molar-refractivity contribution in [3.63, 3.8) is 0 Å². The summed E-state index contributed by atoms with van der Waals surface area (Å²) < 4.78 is 1.91. The highest BCUT2D eigenvalue weighted by atomic mass is 15.1.